The van der Waals surface area contributed by atoms with Gasteiger partial charge in [0.25, 0.3) is 0 Å². The summed E-state index contributed by atoms with van der Waals surface area (Å²) in [6.07, 6.45) is 3.66. The fraction of sp³-hybridized carbons (Fsp3) is 0.0811. The molecule has 7 aromatic rings. The predicted octanol–water partition coefficient (Wildman–Crippen LogP) is 9.78. The maximum absolute atomic E-state index is 6.35. The molecule has 3 nitrogen and oxygen atoms in total. The van der Waals surface area contributed by atoms with Gasteiger partial charge in [-0.2, -0.15) is 0 Å². The molecule has 0 saturated heterocycles. The summed E-state index contributed by atoms with van der Waals surface area (Å²) in [6, 6.07) is 45.1. The summed E-state index contributed by atoms with van der Waals surface area (Å²) in [7, 11) is 0. The van der Waals surface area contributed by atoms with E-state index in [2.05, 4.69) is 84.5 Å². The third kappa shape index (κ3) is 6.05. The molecule has 203 valence electrons. The van der Waals surface area contributed by atoms with Crippen molar-refractivity contribution in [3.8, 4) is 33.6 Å². The van der Waals surface area contributed by atoms with Crippen LogP contribution in [0.4, 0.5) is 0 Å². The van der Waals surface area contributed by atoms with Crippen LogP contribution < -0.4 is 0 Å². The molecule has 0 amide bonds. The van der Waals surface area contributed by atoms with Crippen molar-refractivity contribution in [3.05, 3.63) is 145 Å². The van der Waals surface area contributed by atoms with Crippen molar-refractivity contribution in [2.24, 2.45) is 0 Å². The van der Waals surface area contributed by atoms with Gasteiger partial charge in [-0.05, 0) is 35.0 Å². The Labute approximate surface area is 254 Å². The average molecular weight is 709 g/mol. The largest absolute Gasteiger partial charge is 0.500 e. The third-order valence-electron chi connectivity index (χ3n) is 6.90. The number of aromatic nitrogens is 2. The number of benzene rings is 4. The van der Waals surface area contributed by atoms with E-state index in [4.69, 9.17) is 4.42 Å². The number of hydrogen-bond donors (Lipinski definition) is 0. The topological polar surface area (TPSA) is 38.9 Å². The normalized spacial score (nSPS) is 10.7. The molecular weight excluding hydrogens is 681 g/mol. The second-order valence-electron chi connectivity index (χ2n) is 9.87. The molecule has 4 aromatic carbocycles. The van der Waals surface area contributed by atoms with E-state index in [-0.39, 0.29) is 20.1 Å². The first kappa shape index (κ1) is 28.2. The minimum absolute atomic E-state index is 0. The SMILES string of the molecule is CC(C)c1ccnc(-c2[c-]cccc2)c1.[Ir].[c-]1ccc2c(oc3c(-c4ccccc4)cccc32)c1-c1ccccn1. The smallest absolute Gasteiger partial charge is 0.128 e. The molecule has 4 heteroatoms. The van der Waals surface area contributed by atoms with Crippen LogP contribution in [0.2, 0.25) is 0 Å². The van der Waals surface area contributed by atoms with Crippen LogP contribution in [0, 0.1) is 12.1 Å². The van der Waals surface area contributed by atoms with Crippen molar-refractivity contribution < 1.29 is 24.5 Å². The van der Waals surface area contributed by atoms with Crippen molar-refractivity contribution in [1.29, 1.82) is 0 Å². The Morgan fingerprint density at radius 1 is 0.634 bits per heavy atom. The van der Waals surface area contributed by atoms with E-state index in [9.17, 15) is 0 Å². The van der Waals surface area contributed by atoms with Gasteiger partial charge < -0.3 is 14.4 Å². The zero-order valence-electron chi connectivity index (χ0n) is 22.8. The van der Waals surface area contributed by atoms with Gasteiger partial charge in [0.2, 0.25) is 0 Å². The number of furan rings is 1. The molecule has 1 radical (unpaired) electrons. The van der Waals surface area contributed by atoms with E-state index in [0.29, 0.717) is 5.92 Å². The van der Waals surface area contributed by atoms with Gasteiger partial charge >= 0.3 is 0 Å². The zero-order valence-corrected chi connectivity index (χ0v) is 25.2. The fourth-order valence-corrected chi connectivity index (χ4v) is 4.82. The maximum Gasteiger partial charge on any atom is 0.128 e. The van der Waals surface area contributed by atoms with Crippen LogP contribution in [0.25, 0.3) is 55.6 Å². The Morgan fingerprint density at radius 3 is 2.17 bits per heavy atom. The van der Waals surface area contributed by atoms with Gasteiger partial charge in [-0.3, -0.25) is 0 Å². The molecule has 0 aliphatic rings. The van der Waals surface area contributed by atoms with E-state index >= 15 is 0 Å². The molecule has 0 unspecified atom stereocenters. The molecule has 3 heterocycles. The van der Waals surface area contributed by atoms with Crippen LogP contribution in [0.3, 0.4) is 0 Å². The molecule has 0 aliphatic heterocycles. The number of hydrogen-bond acceptors (Lipinski definition) is 3. The van der Waals surface area contributed by atoms with Gasteiger partial charge in [-0.25, -0.2) is 0 Å². The van der Waals surface area contributed by atoms with Gasteiger partial charge in [0, 0.05) is 43.4 Å². The van der Waals surface area contributed by atoms with Gasteiger partial charge in [0.1, 0.15) is 5.58 Å². The molecule has 0 N–H and O–H groups in total. The summed E-state index contributed by atoms with van der Waals surface area (Å²) >= 11 is 0. The third-order valence-corrected chi connectivity index (χ3v) is 6.90. The Bertz CT molecular complexity index is 1770. The van der Waals surface area contributed by atoms with Gasteiger partial charge in [0.05, 0.1) is 5.58 Å². The van der Waals surface area contributed by atoms with E-state index in [1.165, 1.54) is 5.56 Å². The Morgan fingerprint density at radius 2 is 1.41 bits per heavy atom. The standard InChI is InChI=1S/C23H14NO.C14H14N.Ir/c1-2-8-16(9-3-1)17-10-6-11-18-19-12-7-13-20(23(19)25-22(17)18)21-14-4-5-15-24-21;1-11(2)13-8-9-15-14(10-13)12-6-4-3-5-7-12;/h1-12,14-15H;3-6,8-11H,1-2H3;/q2*-1;. The number of pyridine rings is 2. The van der Waals surface area contributed by atoms with Gasteiger partial charge in [-0.1, -0.05) is 97.1 Å². The number of fused-ring (bicyclic) bond motifs is 3. The summed E-state index contributed by atoms with van der Waals surface area (Å²) < 4.78 is 6.35. The molecule has 0 fully saturated rings. The molecule has 0 spiro atoms. The summed E-state index contributed by atoms with van der Waals surface area (Å²) in [4.78, 5) is 8.82. The van der Waals surface area contributed by atoms with Crippen LogP contribution in [0.15, 0.2) is 132 Å². The van der Waals surface area contributed by atoms with E-state index in [1.54, 1.807) is 6.20 Å². The van der Waals surface area contributed by atoms with E-state index in [0.717, 1.165) is 55.6 Å². The van der Waals surface area contributed by atoms with Crippen molar-refractivity contribution in [2.45, 2.75) is 19.8 Å². The number of para-hydroxylation sites is 1. The fourth-order valence-electron chi connectivity index (χ4n) is 4.82. The van der Waals surface area contributed by atoms with Gasteiger partial charge in [0.15, 0.2) is 0 Å². The van der Waals surface area contributed by atoms with Crippen LogP contribution in [-0.2, 0) is 20.1 Å². The Kier molecular flexibility index (Phi) is 8.84. The first-order valence-electron chi connectivity index (χ1n) is 13.4. The van der Waals surface area contributed by atoms with Crippen LogP contribution >= 0.6 is 0 Å². The minimum atomic E-state index is 0. The van der Waals surface area contributed by atoms with Crippen LogP contribution in [0.5, 0.6) is 0 Å². The quantitative estimate of drug-likeness (QED) is 0.171. The average Bonchev–Trinajstić information content (AvgIpc) is 3.42. The van der Waals surface area contributed by atoms with Crippen molar-refractivity contribution in [3.63, 3.8) is 0 Å². The van der Waals surface area contributed by atoms with E-state index in [1.807, 2.05) is 72.9 Å². The summed E-state index contributed by atoms with van der Waals surface area (Å²) in [6.45, 7) is 4.38. The molecule has 0 aliphatic carbocycles. The second kappa shape index (κ2) is 12.9. The van der Waals surface area contributed by atoms with Crippen molar-refractivity contribution >= 4 is 21.9 Å². The monoisotopic (exact) mass is 709 g/mol. The van der Waals surface area contributed by atoms with E-state index < -0.39 is 0 Å². The summed E-state index contributed by atoms with van der Waals surface area (Å²) in [5.41, 5.74) is 9.12. The Hall–Kier alpha value is -4.37. The molecular formula is C37H28IrN2O-2. The van der Waals surface area contributed by atoms with Crippen LogP contribution in [-0.4, -0.2) is 9.97 Å². The molecule has 7 rings (SSSR count). The first-order chi connectivity index (χ1) is 19.7. The maximum atomic E-state index is 6.35. The Balaban J connectivity index is 0.000000182. The van der Waals surface area contributed by atoms with Crippen molar-refractivity contribution in [1.82, 2.24) is 9.97 Å². The number of nitrogens with zero attached hydrogens (tertiary/aromatic N) is 2. The molecule has 41 heavy (non-hydrogen) atoms. The minimum Gasteiger partial charge on any atom is -0.500 e. The predicted molar refractivity (Wildman–Crippen MR) is 164 cm³/mol. The van der Waals surface area contributed by atoms with Crippen LogP contribution in [0.1, 0.15) is 25.3 Å². The molecule has 0 bridgehead atoms. The number of rotatable bonds is 4. The second-order valence-corrected chi connectivity index (χ2v) is 9.87. The molecule has 0 atom stereocenters. The zero-order chi connectivity index (χ0) is 27.3. The molecule has 3 aromatic heterocycles. The first-order valence-corrected chi connectivity index (χ1v) is 13.4. The van der Waals surface area contributed by atoms with Gasteiger partial charge in [-0.15, -0.1) is 54.1 Å². The summed E-state index contributed by atoms with van der Waals surface area (Å²) in [5.74, 6) is 0.537. The summed E-state index contributed by atoms with van der Waals surface area (Å²) in [5, 5.41) is 2.20. The molecule has 0 saturated carbocycles. The van der Waals surface area contributed by atoms with Crippen molar-refractivity contribution in [2.75, 3.05) is 0 Å².